The molecule has 0 bridgehead atoms. The molecule has 1 aromatic rings. The summed E-state index contributed by atoms with van der Waals surface area (Å²) in [5.74, 6) is -1.68. The number of alkyl halides is 1. The minimum absolute atomic E-state index is 0.550. The van der Waals surface area contributed by atoms with Gasteiger partial charge in [0.15, 0.2) is 18.3 Å². The van der Waals surface area contributed by atoms with E-state index in [0.717, 1.165) is 11.1 Å². The van der Waals surface area contributed by atoms with E-state index < -0.39 is 47.8 Å². The van der Waals surface area contributed by atoms with Crippen molar-refractivity contribution in [2.24, 2.45) is 0 Å². The van der Waals surface area contributed by atoms with Crippen LogP contribution in [0, 0.1) is 0 Å². The van der Waals surface area contributed by atoms with Gasteiger partial charge < -0.3 is 18.9 Å². The maximum atomic E-state index is 11.8. The van der Waals surface area contributed by atoms with E-state index in [2.05, 4.69) is 15.9 Å². The summed E-state index contributed by atoms with van der Waals surface area (Å²) in [6.07, 6.45) is -1.80. The zero-order chi connectivity index (χ0) is 20.8. The second-order valence-electron chi connectivity index (χ2n) is 6.26. The Morgan fingerprint density at radius 2 is 1.57 bits per heavy atom. The number of hydrogen-bond donors (Lipinski definition) is 0. The maximum absolute atomic E-state index is 11.8. The third-order valence-electron chi connectivity index (χ3n) is 4.07. The highest BCUT2D eigenvalue weighted by atomic mass is 79.9. The fraction of sp³-hybridized carbons (Fsp3) is 0.526. The van der Waals surface area contributed by atoms with Crippen LogP contribution in [-0.4, -0.2) is 47.9 Å². The standard InChI is InChI=1S/C19H23BrO7S/c1-10(21)24-16-15(14-7-5-6-13(8-14)9-20)27-19(28-4)18(26-12(3)23)17(16)25-11(2)22/h5-8,15-19H,9H2,1-4H3/t15-,16-,17+,18-,19+/m0/s1. The first kappa shape index (κ1) is 22.7. The van der Waals surface area contributed by atoms with E-state index in [-0.39, 0.29) is 0 Å². The lowest BCUT2D eigenvalue weighted by molar-refractivity contribution is -0.233. The van der Waals surface area contributed by atoms with Crippen molar-refractivity contribution in [3.8, 4) is 0 Å². The molecule has 0 unspecified atom stereocenters. The van der Waals surface area contributed by atoms with Gasteiger partial charge in [0.25, 0.3) is 0 Å². The number of halogens is 1. The molecule has 7 nitrogen and oxygen atoms in total. The summed E-state index contributed by atoms with van der Waals surface area (Å²) in [4.78, 5) is 35.2. The summed E-state index contributed by atoms with van der Waals surface area (Å²) >= 11 is 4.74. The minimum Gasteiger partial charge on any atom is -0.455 e. The van der Waals surface area contributed by atoms with Crippen LogP contribution in [-0.2, 0) is 38.7 Å². The van der Waals surface area contributed by atoms with Crippen LogP contribution in [0.1, 0.15) is 38.0 Å². The van der Waals surface area contributed by atoms with E-state index >= 15 is 0 Å². The Hall–Kier alpha value is -1.58. The van der Waals surface area contributed by atoms with Gasteiger partial charge in [0.05, 0.1) is 0 Å². The van der Waals surface area contributed by atoms with Gasteiger partial charge in [-0.15, -0.1) is 11.8 Å². The summed E-state index contributed by atoms with van der Waals surface area (Å²) in [5, 5.41) is 0.640. The van der Waals surface area contributed by atoms with Crippen molar-refractivity contribution in [2.45, 2.75) is 56.0 Å². The molecule has 0 spiro atoms. The van der Waals surface area contributed by atoms with Crippen LogP contribution in [0.25, 0.3) is 0 Å². The SMILES string of the molecule is CS[C@H]1O[C@@H](c2cccc(CBr)c2)[C@H](OC(C)=O)[C@@H](OC(C)=O)[C@@H]1OC(C)=O. The van der Waals surface area contributed by atoms with E-state index in [4.69, 9.17) is 18.9 Å². The first-order valence-electron chi connectivity index (χ1n) is 8.61. The second kappa shape index (κ2) is 10.3. The van der Waals surface area contributed by atoms with Gasteiger partial charge in [0.1, 0.15) is 11.5 Å². The van der Waals surface area contributed by atoms with E-state index in [1.807, 2.05) is 24.3 Å². The number of carbonyl (C=O) groups is 3. The Balaban J connectivity index is 2.51. The quantitative estimate of drug-likeness (QED) is 0.352. The molecule has 5 atom stereocenters. The van der Waals surface area contributed by atoms with Crippen LogP contribution in [0.15, 0.2) is 24.3 Å². The third kappa shape index (κ3) is 5.71. The highest BCUT2D eigenvalue weighted by Crippen LogP contribution is 2.40. The van der Waals surface area contributed by atoms with Crippen molar-refractivity contribution < 1.29 is 33.3 Å². The molecule has 0 amide bonds. The topological polar surface area (TPSA) is 88.1 Å². The van der Waals surface area contributed by atoms with Crippen molar-refractivity contribution >= 4 is 45.6 Å². The molecule has 1 fully saturated rings. The van der Waals surface area contributed by atoms with Gasteiger partial charge in [0, 0.05) is 26.1 Å². The molecule has 0 aliphatic carbocycles. The molecule has 2 rings (SSSR count). The Morgan fingerprint density at radius 3 is 2.11 bits per heavy atom. The molecule has 1 aromatic carbocycles. The summed E-state index contributed by atoms with van der Waals surface area (Å²) in [7, 11) is 0. The van der Waals surface area contributed by atoms with Gasteiger partial charge in [0.2, 0.25) is 0 Å². The van der Waals surface area contributed by atoms with Gasteiger partial charge in [-0.25, -0.2) is 0 Å². The average molecular weight is 475 g/mol. The number of thioether (sulfide) groups is 1. The van der Waals surface area contributed by atoms with Crippen LogP contribution in [0.4, 0.5) is 0 Å². The Labute approximate surface area is 176 Å². The molecule has 9 heteroatoms. The second-order valence-corrected chi connectivity index (χ2v) is 7.76. The minimum atomic E-state index is -1.01. The molecular formula is C19H23BrO7S. The summed E-state index contributed by atoms with van der Waals surface area (Å²) in [6, 6.07) is 7.58. The molecule has 1 aliphatic rings. The van der Waals surface area contributed by atoms with Gasteiger partial charge in [-0.05, 0) is 17.4 Å². The lowest BCUT2D eigenvalue weighted by atomic mass is 9.93. The first-order valence-corrected chi connectivity index (χ1v) is 11.0. The summed E-state index contributed by atoms with van der Waals surface area (Å²) in [6.45, 7) is 3.77. The fourth-order valence-corrected chi connectivity index (χ4v) is 4.14. The monoisotopic (exact) mass is 474 g/mol. The van der Waals surface area contributed by atoms with E-state index in [1.54, 1.807) is 6.26 Å². The molecule has 0 N–H and O–H groups in total. The summed E-state index contributed by atoms with van der Waals surface area (Å²) in [5.41, 5.74) is 1.16. The number of carbonyl (C=O) groups excluding carboxylic acids is 3. The van der Waals surface area contributed by atoms with Crippen molar-refractivity contribution in [3.63, 3.8) is 0 Å². The number of benzene rings is 1. The molecule has 0 radical (unpaired) electrons. The normalized spacial score (nSPS) is 27.0. The summed E-state index contributed by atoms with van der Waals surface area (Å²) < 4.78 is 22.5. The number of rotatable bonds is 6. The molecule has 1 heterocycles. The Morgan fingerprint density at radius 1 is 1.00 bits per heavy atom. The van der Waals surface area contributed by atoms with Gasteiger partial charge in [-0.3, -0.25) is 14.4 Å². The van der Waals surface area contributed by atoms with Crippen LogP contribution < -0.4 is 0 Å². The number of hydrogen-bond acceptors (Lipinski definition) is 8. The van der Waals surface area contributed by atoms with E-state index in [0.29, 0.717) is 5.33 Å². The van der Waals surface area contributed by atoms with Crippen LogP contribution >= 0.6 is 27.7 Å². The number of esters is 3. The van der Waals surface area contributed by atoms with E-state index in [1.165, 1.54) is 32.5 Å². The molecule has 1 aliphatic heterocycles. The van der Waals surface area contributed by atoms with Crippen molar-refractivity contribution in [1.29, 1.82) is 0 Å². The molecule has 154 valence electrons. The van der Waals surface area contributed by atoms with Gasteiger partial charge in [-0.1, -0.05) is 40.2 Å². The average Bonchev–Trinajstić information content (AvgIpc) is 2.63. The predicted molar refractivity (Wildman–Crippen MR) is 107 cm³/mol. The lowest BCUT2D eigenvalue weighted by Crippen LogP contribution is -2.57. The smallest absolute Gasteiger partial charge is 0.303 e. The van der Waals surface area contributed by atoms with E-state index in [9.17, 15) is 14.4 Å². The third-order valence-corrected chi connectivity index (χ3v) is 5.56. The van der Waals surface area contributed by atoms with Crippen LogP contribution in [0.3, 0.4) is 0 Å². The maximum Gasteiger partial charge on any atom is 0.303 e. The highest BCUT2D eigenvalue weighted by Gasteiger charge is 2.52. The molecule has 28 heavy (non-hydrogen) atoms. The predicted octanol–water partition coefficient (Wildman–Crippen LogP) is 3.14. The lowest BCUT2D eigenvalue weighted by Gasteiger charge is -2.44. The molecule has 0 aromatic heterocycles. The first-order chi connectivity index (χ1) is 13.3. The molecular weight excluding hydrogens is 452 g/mol. The molecule has 1 saturated heterocycles. The van der Waals surface area contributed by atoms with Crippen molar-refractivity contribution in [3.05, 3.63) is 35.4 Å². The zero-order valence-electron chi connectivity index (χ0n) is 16.0. The van der Waals surface area contributed by atoms with Crippen molar-refractivity contribution in [2.75, 3.05) is 6.26 Å². The van der Waals surface area contributed by atoms with Crippen LogP contribution in [0.2, 0.25) is 0 Å². The van der Waals surface area contributed by atoms with Gasteiger partial charge >= 0.3 is 17.9 Å². The Kier molecular flexibility index (Phi) is 8.33. The molecule has 0 saturated carbocycles. The van der Waals surface area contributed by atoms with Crippen LogP contribution in [0.5, 0.6) is 0 Å². The Bertz CT molecular complexity index is 726. The highest BCUT2D eigenvalue weighted by molar-refractivity contribution is 9.08. The number of ether oxygens (including phenoxy) is 4. The fourth-order valence-electron chi connectivity index (χ4n) is 3.09. The largest absolute Gasteiger partial charge is 0.455 e. The zero-order valence-corrected chi connectivity index (χ0v) is 18.4. The van der Waals surface area contributed by atoms with Gasteiger partial charge in [-0.2, -0.15) is 0 Å². The van der Waals surface area contributed by atoms with Crippen molar-refractivity contribution in [1.82, 2.24) is 0 Å².